The summed E-state index contributed by atoms with van der Waals surface area (Å²) in [7, 11) is 0. The molecule has 2 unspecified atom stereocenters. The number of benzene rings is 1. The van der Waals surface area contributed by atoms with Crippen molar-refractivity contribution in [3.8, 4) is 0 Å². The lowest BCUT2D eigenvalue weighted by Crippen LogP contribution is -2.38. The van der Waals surface area contributed by atoms with Gasteiger partial charge in [0.1, 0.15) is 0 Å². The number of aryl methyl sites for hydroxylation is 1. The first-order valence-electron chi connectivity index (χ1n) is 5.79. The minimum Gasteiger partial charge on any atom is -0.348 e. The van der Waals surface area contributed by atoms with Crippen LogP contribution >= 0.6 is 27.5 Å². The van der Waals surface area contributed by atoms with Crippen molar-refractivity contribution in [1.82, 2.24) is 5.32 Å². The minimum absolute atomic E-state index is 0.0265. The number of carbonyl (C=O) groups is 1. The minimum atomic E-state index is -0.0265. The first-order valence-corrected chi connectivity index (χ1v) is 7.02. The second-order valence-corrected chi connectivity index (χ2v) is 5.96. The fourth-order valence-electron chi connectivity index (χ4n) is 2.16. The third-order valence-electron chi connectivity index (χ3n) is 3.19. The topological polar surface area (TPSA) is 29.1 Å². The van der Waals surface area contributed by atoms with Gasteiger partial charge in [0.25, 0.3) is 5.91 Å². The molecule has 2 rings (SSSR count). The summed E-state index contributed by atoms with van der Waals surface area (Å²) in [6, 6.07) is 5.84. The fraction of sp³-hybridized carbons (Fsp3) is 0.462. The zero-order chi connectivity index (χ0) is 12.4. The van der Waals surface area contributed by atoms with Gasteiger partial charge in [0.05, 0.1) is 5.38 Å². The zero-order valence-corrected chi connectivity index (χ0v) is 12.0. The first-order chi connectivity index (χ1) is 8.08. The molecule has 1 fully saturated rings. The van der Waals surface area contributed by atoms with E-state index in [1.165, 1.54) is 0 Å². The summed E-state index contributed by atoms with van der Waals surface area (Å²) in [4.78, 5) is 12.1. The highest BCUT2D eigenvalue weighted by atomic mass is 79.9. The first kappa shape index (κ1) is 12.9. The lowest BCUT2D eigenvalue weighted by Gasteiger charge is -2.16. The second-order valence-electron chi connectivity index (χ2n) is 4.49. The SMILES string of the molecule is Cc1ccc(Br)cc1C(=O)NC1CCCC1Cl. The Kier molecular flexibility index (Phi) is 4.10. The summed E-state index contributed by atoms with van der Waals surface area (Å²) < 4.78 is 0.919. The number of hydrogen-bond donors (Lipinski definition) is 1. The van der Waals surface area contributed by atoms with Crippen LogP contribution in [0.1, 0.15) is 35.2 Å². The van der Waals surface area contributed by atoms with Crippen LogP contribution in [0.15, 0.2) is 22.7 Å². The molecule has 0 bridgehead atoms. The van der Waals surface area contributed by atoms with E-state index >= 15 is 0 Å². The molecule has 0 aromatic heterocycles. The Balaban J connectivity index is 2.11. The van der Waals surface area contributed by atoms with Crippen molar-refractivity contribution in [1.29, 1.82) is 0 Å². The molecule has 0 spiro atoms. The molecule has 1 saturated carbocycles. The third kappa shape index (κ3) is 3.02. The van der Waals surface area contributed by atoms with Crippen molar-refractivity contribution in [2.24, 2.45) is 0 Å². The maximum Gasteiger partial charge on any atom is 0.251 e. The van der Waals surface area contributed by atoms with Gasteiger partial charge in [-0.3, -0.25) is 4.79 Å². The molecular weight excluding hydrogens is 302 g/mol. The highest BCUT2D eigenvalue weighted by molar-refractivity contribution is 9.10. The Morgan fingerprint density at radius 2 is 2.24 bits per heavy atom. The van der Waals surface area contributed by atoms with Gasteiger partial charge in [0, 0.05) is 16.1 Å². The van der Waals surface area contributed by atoms with Gasteiger partial charge in [-0.2, -0.15) is 0 Å². The molecule has 1 amide bonds. The maximum atomic E-state index is 12.1. The molecule has 4 heteroatoms. The van der Waals surface area contributed by atoms with Gasteiger partial charge in [-0.15, -0.1) is 11.6 Å². The normalized spacial score (nSPS) is 23.7. The quantitative estimate of drug-likeness (QED) is 0.829. The lowest BCUT2D eigenvalue weighted by atomic mass is 10.1. The van der Waals surface area contributed by atoms with Crippen molar-refractivity contribution in [3.63, 3.8) is 0 Å². The molecule has 92 valence electrons. The summed E-state index contributed by atoms with van der Waals surface area (Å²) in [6.07, 6.45) is 3.06. The number of alkyl halides is 1. The lowest BCUT2D eigenvalue weighted by molar-refractivity contribution is 0.0937. The third-order valence-corrected chi connectivity index (χ3v) is 4.21. The van der Waals surface area contributed by atoms with Crippen LogP contribution in [-0.2, 0) is 0 Å². The molecule has 2 nitrogen and oxygen atoms in total. The van der Waals surface area contributed by atoms with Crippen molar-refractivity contribution in [2.45, 2.75) is 37.6 Å². The van der Waals surface area contributed by atoms with Crippen LogP contribution in [0.4, 0.5) is 0 Å². The molecule has 0 heterocycles. The highest BCUT2D eigenvalue weighted by Gasteiger charge is 2.27. The molecule has 2 atom stereocenters. The molecule has 1 aliphatic carbocycles. The Labute approximate surface area is 115 Å². The van der Waals surface area contributed by atoms with Crippen LogP contribution in [0.3, 0.4) is 0 Å². The van der Waals surface area contributed by atoms with Crippen molar-refractivity contribution < 1.29 is 4.79 Å². The molecule has 0 radical (unpaired) electrons. The fourth-order valence-corrected chi connectivity index (χ4v) is 2.87. The van der Waals surface area contributed by atoms with E-state index < -0.39 is 0 Å². The van der Waals surface area contributed by atoms with Gasteiger partial charge in [-0.05, 0) is 43.9 Å². The molecule has 1 aliphatic rings. The molecule has 17 heavy (non-hydrogen) atoms. The largest absolute Gasteiger partial charge is 0.348 e. The molecule has 0 aliphatic heterocycles. The number of carbonyl (C=O) groups excluding carboxylic acids is 1. The van der Waals surface area contributed by atoms with Gasteiger partial charge in [-0.1, -0.05) is 22.0 Å². The summed E-state index contributed by atoms with van der Waals surface area (Å²) >= 11 is 9.54. The van der Waals surface area contributed by atoms with E-state index in [1.54, 1.807) is 0 Å². The van der Waals surface area contributed by atoms with Gasteiger partial charge in [-0.25, -0.2) is 0 Å². The van der Waals surface area contributed by atoms with E-state index in [0.717, 1.165) is 34.9 Å². The van der Waals surface area contributed by atoms with E-state index in [1.807, 2.05) is 25.1 Å². The molecule has 1 N–H and O–H groups in total. The molecule has 0 saturated heterocycles. The second kappa shape index (κ2) is 5.40. The summed E-state index contributed by atoms with van der Waals surface area (Å²) in [5.74, 6) is -0.0265. The number of amides is 1. The number of hydrogen-bond acceptors (Lipinski definition) is 1. The summed E-state index contributed by atoms with van der Waals surface area (Å²) in [6.45, 7) is 1.94. The van der Waals surface area contributed by atoms with Crippen LogP contribution in [0.25, 0.3) is 0 Å². The highest BCUT2D eigenvalue weighted by Crippen LogP contribution is 2.24. The predicted molar refractivity (Wildman–Crippen MR) is 73.6 cm³/mol. The Bertz CT molecular complexity index is 435. The Hall–Kier alpha value is -0.540. The van der Waals surface area contributed by atoms with Crippen LogP contribution < -0.4 is 5.32 Å². The smallest absolute Gasteiger partial charge is 0.251 e. The predicted octanol–water partition coefficient (Wildman–Crippen LogP) is 3.65. The van der Waals surface area contributed by atoms with Gasteiger partial charge >= 0.3 is 0 Å². The van der Waals surface area contributed by atoms with E-state index in [0.29, 0.717) is 0 Å². The van der Waals surface area contributed by atoms with E-state index in [2.05, 4.69) is 21.2 Å². The van der Waals surface area contributed by atoms with Crippen LogP contribution in [0.5, 0.6) is 0 Å². The molecule has 1 aromatic carbocycles. The monoisotopic (exact) mass is 315 g/mol. The van der Waals surface area contributed by atoms with Gasteiger partial charge in [0.2, 0.25) is 0 Å². The summed E-state index contributed by atoms with van der Waals surface area (Å²) in [5.41, 5.74) is 1.70. The maximum absolute atomic E-state index is 12.1. The number of rotatable bonds is 2. The van der Waals surface area contributed by atoms with Crippen LogP contribution in [-0.4, -0.2) is 17.3 Å². The Morgan fingerprint density at radius 1 is 1.47 bits per heavy atom. The summed E-state index contributed by atoms with van der Waals surface area (Å²) in [5, 5.41) is 3.10. The number of nitrogens with one attached hydrogen (secondary N) is 1. The van der Waals surface area contributed by atoms with E-state index in [9.17, 15) is 4.79 Å². The van der Waals surface area contributed by atoms with Gasteiger partial charge in [0.15, 0.2) is 0 Å². The van der Waals surface area contributed by atoms with E-state index in [4.69, 9.17) is 11.6 Å². The van der Waals surface area contributed by atoms with E-state index in [-0.39, 0.29) is 17.3 Å². The average molecular weight is 317 g/mol. The van der Waals surface area contributed by atoms with Crippen molar-refractivity contribution in [3.05, 3.63) is 33.8 Å². The van der Waals surface area contributed by atoms with Gasteiger partial charge < -0.3 is 5.32 Å². The molecule has 1 aromatic rings. The standard InChI is InChI=1S/C13H15BrClNO/c1-8-5-6-9(14)7-10(8)13(17)16-12-4-2-3-11(12)15/h5-7,11-12H,2-4H2,1H3,(H,16,17). The average Bonchev–Trinajstić information content (AvgIpc) is 2.68. The number of halogens is 2. The van der Waals surface area contributed by atoms with Crippen molar-refractivity contribution in [2.75, 3.05) is 0 Å². The zero-order valence-electron chi connectivity index (χ0n) is 9.67. The van der Waals surface area contributed by atoms with Crippen LogP contribution in [0, 0.1) is 6.92 Å². The van der Waals surface area contributed by atoms with Crippen LogP contribution in [0.2, 0.25) is 0 Å². The Morgan fingerprint density at radius 3 is 2.88 bits per heavy atom. The van der Waals surface area contributed by atoms with Crippen molar-refractivity contribution >= 4 is 33.4 Å². The molecular formula is C13H15BrClNO.